The minimum atomic E-state index is -0.149. The Morgan fingerprint density at radius 2 is 1.58 bits per heavy atom. The van der Waals surface area contributed by atoms with Crippen molar-refractivity contribution < 1.29 is 14.3 Å². The lowest BCUT2D eigenvalue weighted by Crippen LogP contribution is -2.46. The van der Waals surface area contributed by atoms with E-state index in [1.807, 2.05) is 18.2 Å². The van der Waals surface area contributed by atoms with Gasteiger partial charge in [-0.05, 0) is 44.0 Å². The molecule has 0 aliphatic carbocycles. The summed E-state index contributed by atoms with van der Waals surface area (Å²) in [5.74, 6) is -0.283. The van der Waals surface area contributed by atoms with E-state index < -0.39 is 0 Å². The average Bonchev–Trinajstić information content (AvgIpc) is 3.02. The Bertz CT molecular complexity index is 868. The Morgan fingerprint density at radius 3 is 2.26 bits per heavy atom. The molecule has 0 aromatic heterocycles. The third kappa shape index (κ3) is 4.68. The van der Waals surface area contributed by atoms with Gasteiger partial charge in [0.15, 0.2) is 0 Å². The van der Waals surface area contributed by atoms with E-state index in [1.165, 1.54) is 10.5 Å². The zero-order valence-corrected chi connectivity index (χ0v) is 19.0. The van der Waals surface area contributed by atoms with Crippen LogP contribution in [0.3, 0.4) is 0 Å². The smallest absolute Gasteiger partial charge is 0.277 e. The van der Waals surface area contributed by atoms with Crippen LogP contribution in [0.4, 0.5) is 0 Å². The van der Waals surface area contributed by atoms with Gasteiger partial charge in [0.2, 0.25) is 0 Å². The van der Waals surface area contributed by atoms with Crippen LogP contribution in [0.5, 0.6) is 0 Å². The van der Waals surface area contributed by atoms with Crippen LogP contribution in [0.1, 0.15) is 23.1 Å². The van der Waals surface area contributed by atoms with Crippen molar-refractivity contribution in [3.05, 3.63) is 40.6 Å². The molecule has 0 spiro atoms. The van der Waals surface area contributed by atoms with Crippen molar-refractivity contribution in [2.75, 3.05) is 72.6 Å². The average molecular weight is 427 g/mol. The fourth-order valence-electron chi connectivity index (χ4n) is 4.52. The molecule has 3 aliphatic rings. The van der Waals surface area contributed by atoms with Gasteiger partial charge in [-0.2, -0.15) is 0 Å². The van der Waals surface area contributed by atoms with Gasteiger partial charge in [-0.1, -0.05) is 18.2 Å². The van der Waals surface area contributed by atoms with Crippen LogP contribution >= 0.6 is 0 Å². The van der Waals surface area contributed by atoms with Crippen molar-refractivity contribution >= 4 is 17.4 Å². The highest BCUT2D eigenvalue weighted by molar-refractivity contribution is 6.35. The zero-order chi connectivity index (χ0) is 22.0. The van der Waals surface area contributed by atoms with Crippen molar-refractivity contribution in [3.63, 3.8) is 0 Å². The quantitative estimate of drug-likeness (QED) is 0.640. The number of hydrogen-bond acceptors (Lipinski definition) is 6. The number of ether oxygens (including phenoxy) is 1. The van der Waals surface area contributed by atoms with Crippen molar-refractivity contribution in [3.8, 4) is 0 Å². The minimum absolute atomic E-state index is 0.134. The van der Waals surface area contributed by atoms with E-state index in [9.17, 15) is 9.59 Å². The highest BCUT2D eigenvalue weighted by Crippen LogP contribution is 2.33. The number of benzene rings is 1. The fourth-order valence-corrected chi connectivity index (χ4v) is 4.52. The molecule has 1 aromatic rings. The molecule has 0 atom stereocenters. The third-order valence-corrected chi connectivity index (χ3v) is 6.72. The predicted octanol–water partition coefficient (Wildman–Crippen LogP) is 1.35. The van der Waals surface area contributed by atoms with Crippen LogP contribution in [0, 0.1) is 13.8 Å². The lowest BCUT2D eigenvalue weighted by molar-refractivity contribution is -0.137. The third-order valence-electron chi connectivity index (χ3n) is 6.72. The zero-order valence-electron chi connectivity index (χ0n) is 19.0. The normalized spacial score (nSPS) is 21.5. The standard InChI is InChI=1S/C24H34N4O3/c1-18-5-6-20(17-19(18)2)21-22(27-11-9-25(3)10-12-27)24(30)28(23(21)29)8-4-7-26-13-15-31-16-14-26/h5-6,17H,4,7-16H2,1-3H3. The molecule has 4 rings (SSSR count). The van der Waals surface area contributed by atoms with Gasteiger partial charge in [-0.15, -0.1) is 0 Å². The van der Waals surface area contributed by atoms with Gasteiger partial charge in [-0.3, -0.25) is 19.4 Å². The topological polar surface area (TPSA) is 56.3 Å². The van der Waals surface area contributed by atoms with Crippen LogP contribution in [0.2, 0.25) is 0 Å². The Labute approximate surface area is 185 Å². The van der Waals surface area contributed by atoms with Crippen molar-refractivity contribution in [1.29, 1.82) is 0 Å². The molecular formula is C24H34N4O3. The molecule has 2 saturated heterocycles. The maximum atomic E-state index is 13.5. The van der Waals surface area contributed by atoms with Gasteiger partial charge in [0.25, 0.3) is 11.8 Å². The number of carbonyl (C=O) groups is 2. The Morgan fingerprint density at radius 1 is 0.871 bits per heavy atom. The van der Waals surface area contributed by atoms with Crippen LogP contribution < -0.4 is 0 Å². The molecular weight excluding hydrogens is 392 g/mol. The summed E-state index contributed by atoms with van der Waals surface area (Å²) >= 11 is 0. The van der Waals surface area contributed by atoms with Crippen molar-refractivity contribution in [1.82, 2.24) is 19.6 Å². The summed E-state index contributed by atoms with van der Waals surface area (Å²) in [4.78, 5) is 35.1. The van der Waals surface area contributed by atoms with E-state index in [4.69, 9.17) is 4.74 Å². The number of carbonyl (C=O) groups excluding carboxylic acids is 2. The molecule has 7 heteroatoms. The van der Waals surface area contributed by atoms with E-state index in [0.717, 1.165) is 76.6 Å². The maximum absolute atomic E-state index is 13.5. The molecule has 3 heterocycles. The molecule has 1 aromatic carbocycles. The highest BCUT2D eigenvalue weighted by Gasteiger charge is 2.41. The van der Waals surface area contributed by atoms with E-state index in [-0.39, 0.29) is 11.8 Å². The van der Waals surface area contributed by atoms with E-state index in [2.05, 4.69) is 35.6 Å². The predicted molar refractivity (Wildman–Crippen MR) is 121 cm³/mol. The number of likely N-dealkylation sites (N-methyl/N-ethyl adjacent to an activating group) is 1. The molecule has 31 heavy (non-hydrogen) atoms. The monoisotopic (exact) mass is 426 g/mol. The summed E-state index contributed by atoms with van der Waals surface area (Å²) in [5.41, 5.74) is 4.33. The Hall–Kier alpha value is -2.22. The molecule has 2 amide bonds. The number of nitrogens with zero attached hydrogens (tertiary/aromatic N) is 4. The first kappa shape index (κ1) is 22.0. The molecule has 7 nitrogen and oxygen atoms in total. The minimum Gasteiger partial charge on any atom is -0.379 e. The van der Waals surface area contributed by atoms with Gasteiger partial charge < -0.3 is 14.5 Å². The van der Waals surface area contributed by atoms with Crippen LogP contribution in [-0.2, 0) is 14.3 Å². The summed E-state index contributed by atoms with van der Waals surface area (Å²) in [6.07, 6.45) is 0.785. The molecule has 0 unspecified atom stereocenters. The number of amides is 2. The summed E-state index contributed by atoms with van der Waals surface area (Å²) < 4.78 is 5.41. The second-order valence-electron chi connectivity index (χ2n) is 8.88. The SMILES string of the molecule is Cc1ccc(C2=C(N3CCN(C)CC3)C(=O)N(CCCN3CCOCC3)C2=O)cc1C. The van der Waals surface area contributed by atoms with Gasteiger partial charge in [0.1, 0.15) is 5.70 Å². The van der Waals surface area contributed by atoms with Gasteiger partial charge >= 0.3 is 0 Å². The number of rotatable bonds is 6. The lowest BCUT2D eigenvalue weighted by Gasteiger charge is -2.34. The van der Waals surface area contributed by atoms with E-state index in [1.54, 1.807) is 0 Å². The molecule has 0 saturated carbocycles. The lowest BCUT2D eigenvalue weighted by atomic mass is 9.99. The van der Waals surface area contributed by atoms with E-state index >= 15 is 0 Å². The first-order valence-corrected chi connectivity index (χ1v) is 11.4. The maximum Gasteiger partial charge on any atom is 0.277 e. The first-order chi connectivity index (χ1) is 15.0. The summed E-state index contributed by atoms with van der Waals surface area (Å²) in [6.45, 7) is 12.1. The van der Waals surface area contributed by atoms with Crippen molar-refractivity contribution in [2.45, 2.75) is 20.3 Å². The van der Waals surface area contributed by atoms with Gasteiger partial charge in [-0.25, -0.2) is 0 Å². The molecule has 0 radical (unpaired) electrons. The molecule has 0 bridgehead atoms. The molecule has 3 aliphatic heterocycles. The number of morpholine rings is 1. The summed E-state index contributed by atoms with van der Waals surface area (Å²) in [7, 11) is 2.09. The second kappa shape index (κ2) is 9.51. The summed E-state index contributed by atoms with van der Waals surface area (Å²) in [6, 6.07) is 6.07. The van der Waals surface area contributed by atoms with Crippen LogP contribution in [0.25, 0.3) is 5.57 Å². The van der Waals surface area contributed by atoms with Gasteiger partial charge in [0, 0.05) is 52.4 Å². The Balaban J connectivity index is 1.56. The number of piperazine rings is 1. The first-order valence-electron chi connectivity index (χ1n) is 11.4. The number of hydrogen-bond donors (Lipinski definition) is 0. The summed E-state index contributed by atoms with van der Waals surface area (Å²) in [5, 5.41) is 0. The van der Waals surface area contributed by atoms with Crippen LogP contribution in [0.15, 0.2) is 23.9 Å². The van der Waals surface area contributed by atoms with Crippen molar-refractivity contribution in [2.24, 2.45) is 0 Å². The largest absolute Gasteiger partial charge is 0.379 e. The highest BCUT2D eigenvalue weighted by atomic mass is 16.5. The van der Waals surface area contributed by atoms with E-state index in [0.29, 0.717) is 17.8 Å². The second-order valence-corrected chi connectivity index (χ2v) is 8.88. The molecule has 2 fully saturated rings. The molecule has 0 N–H and O–H groups in total. The number of imide groups is 1. The fraction of sp³-hybridized carbons (Fsp3) is 0.583. The van der Waals surface area contributed by atoms with Crippen LogP contribution in [-0.4, -0.2) is 104 Å². The Kier molecular flexibility index (Phi) is 6.74. The van der Waals surface area contributed by atoms with Gasteiger partial charge in [0.05, 0.1) is 18.8 Å². The number of aryl methyl sites for hydroxylation is 2. The molecule has 168 valence electrons.